The maximum absolute atomic E-state index is 11.8. The number of nitrogens with zero attached hydrogens (tertiary/aromatic N) is 4. The van der Waals surface area contributed by atoms with Crippen LogP contribution in [0.25, 0.3) is 0 Å². The van der Waals surface area contributed by atoms with E-state index in [1.807, 2.05) is 6.92 Å². The first-order valence-electron chi connectivity index (χ1n) is 7.11. The summed E-state index contributed by atoms with van der Waals surface area (Å²) < 4.78 is 1.73. The molecule has 21 heavy (non-hydrogen) atoms. The van der Waals surface area contributed by atoms with Crippen LogP contribution < -0.4 is 5.32 Å². The molecule has 0 aliphatic rings. The van der Waals surface area contributed by atoms with Gasteiger partial charge < -0.3 is 5.32 Å². The number of hydrogen-bond donors (Lipinski definition) is 1. The highest BCUT2D eigenvalue weighted by Gasteiger charge is 2.11. The first kappa shape index (κ1) is 15.6. The molecule has 2 rings (SSSR count). The van der Waals surface area contributed by atoms with E-state index in [1.165, 1.54) is 6.33 Å². The van der Waals surface area contributed by atoms with Gasteiger partial charge in [0.1, 0.15) is 12.7 Å². The second-order valence-corrected chi connectivity index (χ2v) is 6.37. The quantitative estimate of drug-likeness (QED) is 0.851. The molecule has 0 saturated carbocycles. The van der Waals surface area contributed by atoms with E-state index < -0.39 is 0 Å². The molecule has 0 aliphatic heterocycles. The molecule has 0 aliphatic carbocycles. The van der Waals surface area contributed by atoms with Crippen LogP contribution in [0.3, 0.4) is 0 Å². The Bertz CT molecular complexity index is 576. The fraction of sp³-hybridized carbons (Fsp3) is 0.571. The van der Waals surface area contributed by atoms with Crippen LogP contribution in [0.15, 0.2) is 12.7 Å². The van der Waals surface area contributed by atoms with Crippen LogP contribution in [-0.4, -0.2) is 25.7 Å². The smallest absolute Gasteiger partial charge is 0.220 e. The average molecular weight is 307 g/mol. The lowest BCUT2D eigenvalue weighted by Crippen LogP contribution is -2.22. The fourth-order valence-electron chi connectivity index (χ4n) is 1.88. The van der Waals surface area contributed by atoms with Crippen molar-refractivity contribution in [3.8, 4) is 0 Å². The summed E-state index contributed by atoms with van der Waals surface area (Å²) in [5.41, 5.74) is 1.02. The highest BCUT2D eigenvalue weighted by atomic mass is 32.1. The molecule has 0 saturated heterocycles. The van der Waals surface area contributed by atoms with Crippen molar-refractivity contribution in [3.63, 3.8) is 0 Å². The van der Waals surface area contributed by atoms with Crippen LogP contribution in [0.2, 0.25) is 0 Å². The zero-order chi connectivity index (χ0) is 15.2. The number of aromatic nitrogens is 4. The van der Waals surface area contributed by atoms with Crippen molar-refractivity contribution in [2.24, 2.45) is 0 Å². The molecular formula is C14H21N5OS. The minimum Gasteiger partial charge on any atom is -0.351 e. The molecule has 0 atom stereocenters. The topological polar surface area (TPSA) is 72.7 Å². The van der Waals surface area contributed by atoms with Gasteiger partial charge in [-0.05, 0) is 13.3 Å². The maximum Gasteiger partial charge on any atom is 0.220 e. The van der Waals surface area contributed by atoms with Gasteiger partial charge in [0.2, 0.25) is 5.91 Å². The molecule has 0 fully saturated rings. The lowest BCUT2D eigenvalue weighted by atomic mass is 10.2. The molecule has 1 N–H and O–H groups in total. The van der Waals surface area contributed by atoms with E-state index in [1.54, 1.807) is 22.3 Å². The van der Waals surface area contributed by atoms with Gasteiger partial charge in [-0.1, -0.05) is 13.8 Å². The molecule has 114 valence electrons. The van der Waals surface area contributed by atoms with E-state index in [2.05, 4.69) is 34.2 Å². The lowest BCUT2D eigenvalue weighted by Gasteiger charge is -2.04. The molecule has 0 spiro atoms. The van der Waals surface area contributed by atoms with Crippen molar-refractivity contribution < 1.29 is 4.79 Å². The van der Waals surface area contributed by atoms with Gasteiger partial charge in [-0.2, -0.15) is 5.10 Å². The largest absolute Gasteiger partial charge is 0.351 e. The third-order valence-electron chi connectivity index (χ3n) is 3.11. The average Bonchev–Trinajstić information content (AvgIpc) is 3.06. The first-order chi connectivity index (χ1) is 10.1. The Hall–Kier alpha value is -1.76. The van der Waals surface area contributed by atoms with E-state index in [0.29, 0.717) is 25.4 Å². The van der Waals surface area contributed by atoms with Crippen molar-refractivity contribution in [3.05, 3.63) is 28.2 Å². The van der Waals surface area contributed by atoms with Gasteiger partial charge in [0.05, 0.1) is 17.2 Å². The fourth-order valence-corrected chi connectivity index (χ4v) is 2.89. The summed E-state index contributed by atoms with van der Waals surface area (Å²) >= 11 is 1.68. The molecule has 0 aromatic carbocycles. The number of carbonyl (C=O) groups is 1. The van der Waals surface area contributed by atoms with Gasteiger partial charge in [0.15, 0.2) is 0 Å². The van der Waals surface area contributed by atoms with Crippen LogP contribution >= 0.6 is 11.3 Å². The van der Waals surface area contributed by atoms with Gasteiger partial charge in [-0.3, -0.25) is 9.48 Å². The molecule has 2 heterocycles. The monoisotopic (exact) mass is 307 g/mol. The Morgan fingerprint density at radius 3 is 2.90 bits per heavy atom. The van der Waals surface area contributed by atoms with E-state index in [4.69, 9.17) is 0 Å². The standard InChI is InChI=1S/C14H21N5OS/c1-10(2)14-18-11(3)12(21-14)7-16-13(20)5-4-6-19-9-15-8-17-19/h8-10H,4-7H2,1-3H3,(H,16,20). The van der Waals surface area contributed by atoms with E-state index in [9.17, 15) is 4.79 Å². The number of hydrogen-bond acceptors (Lipinski definition) is 5. The number of rotatable bonds is 7. The number of amides is 1. The minimum absolute atomic E-state index is 0.0639. The van der Waals surface area contributed by atoms with Crippen molar-refractivity contribution >= 4 is 17.2 Å². The lowest BCUT2D eigenvalue weighted by molar-refractivity contribution is -0.121. The van der Waals surface area contributed by atoms with Crippen LogP contribution in [-0.2, 0) is 17.9 Å². The van der Waals surface area contributed by atoms with Gasteiger partial charge in [-0.15, -0.1) is 11.3 Å². The molecular weight excluding hydrogens is 286 g/mol. The number of thiazole rings is 1. The zero-order valence-electron chi connectivity index (χ0n) is 12.7. The molecule has 7 heteroatoms. The summed E-state index contributed by atoms with van der Waals surface area (Å²) in [6, 6.07) is 0. The summed E-state index contributed by atoms with van der Waals surface area (Å²) in [6.07, 6.45) is 4.41. The Morgan fingerprint density at radius 1 is 1.48 bits per heavy atom. The predicted molar refractivity (Wildman–Crippen MR) is 82.0 cm³/mol. The van der Waals surface area contributed by atoms with Crippen LogP contribution in [0, 0.1) is 6.92 Å². The SMILES string of the molecule is Cc1nc(C(C)C)sc1CNC(=O)CCCn1cncn1. The normalized spacial score (nSPS) is 11.0. The molecule has 2 aromatic heterocycles. The molecule has 0 bridgehead atoms. The van der Waals surface area contributed by atoms with Crippen molar-refractivity contribution in [2.75, 3.05) is 0 Å². The van der Waals surface area contributed by atoms with E-state index in [0.717, 1.165) is 22.0 Å². The third-order valence-corrected chi connectivity index (χ3v) is 4.56. The summed E-state index contributed by atoms with van der Waals surface area (Å²) in [5.74, 6) is 0.495. The van der Waals surface area contributed by atoms with Gasteiger partial charge in [-0.25, -0.2) is 9.97 Å². The van der Waals surface area contributed by atoms with Crippen molar-refractivity contribution in [1.82, 2.24) is 25.1 Å². The number of nitrogens with one attached hydrogen (secondary N) is 1. The number of carbonyl (C=O) groups excluding carboxylic acids is 1. The van der Waals surface area contributed by atoms with Crippen molar-refractivity contribution in [1.29, 1.82) is 0 Å². The first-order valence-corrected chi connectivity index (χ1v) is 7.93. The summed E-state index contributed by atoms with van der Waals surface area (Å²) in [5, 5.41) is 8.09. The van der Waals surface area contributed by atoms with Crippen LogP contribution in [0.5, 0.6) is 0 Å². The molecule has 1 amide bonds. The maximum atomic E-state index is 11.8. The summed E-state index contributed by atoms with van der Waals surface area (Å²) in [4.78, 5) is 21.4. The van der Waals surface area contributed by atoms with Gasteiger partial charge in [0.25, 0.3) is 0 Å². The second-order valence-electron chi connectivity index (χ2n) is 5.25. The zero-order valence-corrected chi connectivity index (χ0v) is 13.5. The summed E-state index contributed by atoms with van der Waals surface area (Å²) in [6.45, 7) is 7.53. The van der Waals surface area contributed by atoms with Gasteiger partial charge in [0, 0.05) is 23.8 Å². The van der Waals surface area contributed by atoms with Crippen molar-refractivity contribution in [2.45, 2.75) is 52.6 Å². The Morgan fingerprint density at radius 2 is 2.29 bits per heavy atom. The second kappa shape index (κ2) is 7.31. The highest BCUT2D eigenvalue weighted by molar-refractivity contribution is 7.11. The molecule has 6 nitrogen and oxygen atoms in total. The molecule has 2 aromatic rings. The Kier molecular flexibility index (Phi) is 5.44. The minimum atomic E-state index is 0.0639. The van der Waals surface area contributed by atoms with Gasteiger partial charge >= 0.3 is 0 Å². The van der Waals surface area contributed by atoms with E-state index in [-0.39, 0.29) is 5.91 Å². The Balaban J connectivity index is 1.73. The predicted octanol–water partition coefficient (Wildman–Crippen LogP) is 2.26. The van der Waals surface area contributed by atoms with Crippen LogP contribution in [0.4, 0.5) is 0 Å². The molecule has 0 unspecified atom stereocenters. The molecule has 0 radical (unpaired) electrons. The Labute approximate surface area is 128 Å². The third kappa shape index (κ3) is 4.63. The summed E-state index contributed by atoms with van der Waals surface area (Å²) in [7, 11) is 0. The van der Waals surface area contributed by atoms with E-state index >= 15 is 0 Å². The van der Waals surface area contributed by atoms with Crippen LogP contribution in [0.1, 0.15) is 48.2 Å². The number of aryl methyl sites for hydroxylation is 2. The highest BCUT2D eigenvalue weighted by Crippen LogP contribution is 2.24.